The zero-order chi connectivity index (χ0) is 78.1. The smallest absolute Gasteiger partial charge is 0.462 e. The Kier molecular flexibility index (Phi) is 74.3. The number of hydrogen-bond acceptors (Lipinski definition) is 15. The van der Waals surface area contributed by atoms with Crippen molar-refractivity contribution >= 4 is 39.5 Å². The van der Waals surface area contributed by atoms with Crippen molar-refractivity contribution < 1.29 is 80.2 Å². The fraction of sp³-hybridized carbons (Fsp3) is 0.954. The van der Waals surface area contributed by atoms with E-state index in [0.29, 0.717) is 25.7 Å². The lowest BCUT2D eigenvalue weighted by Crippen LogP contribution is -2.30. The Balaban J connectivity index is 5.23. The first-order chi connectivity index (χ1) is 51.2. The van der Waals surface area contributed by atoms with Gasteiger partial charge in [0.25, 0.3) is 0 Å². The van der Waals surface area contributed by atoms with E-state index in [1.807, 2.05) is 0 Å². The van der Waals surface area contributed by atoms with E-state index >= 15 is 0 Å². The Morgan fingerprint density at radius 3 is 0.670 bits per heavy atom. The van der Waals surface area contributed by atoms with Gasteiger partial charge in [-0.25, -0.2) is 9.13 Å². The predicted octanol–water partition coefficient (Wildman–Crippen LogP) is 26.3. The average Bonchev–Trinajstić information content (AvgIpc) is 0.910. The Hall–Kier alpha value is -1.94. The zero-order valence-electron chi connectivity index (χ0n) is 70.1. The van der Waals surface area contributed by atoms with E-state index in [4.69, 9.17) is 37.0 Å². The van der Waals surface area contributed by atoms with Gasteiger partial charge in [-0.1, -0.05) is 402 Å². The molecule has 0 spiro atoms. The molecule has 0 bridgehead atoms. The Bertz CT molecular complexity index is 2060. The molecule has 0 amide bonds. The molecule has 8 atom stereocenters. The van der Waals surface area contributed by atoms with Crippen LogP contribution in [-0.4, -0.2) is 96.7 Å². The Morgan fingerprint density at radius 1 is 0.264 bits per heavy atom. The van der Waals surface area contributed by atoms with Crippen LogP contribution in [0.2, 0.25) is 0 Å². The first-order valence-corrected chi connectivity index (χ1v) is 47.8. The van der Waals surface area contributed by atoms with E-state index in [2.05, 4.69) is 55.4 Å². The van der Waals surface area contributed by atoms with Crippen LogP contribution in [0.15, 0.2) is 0 Å². The highest BCUT2D eigenvalue weighted by atomic mass is 31.2. The molecule has 0 heterocycles. The van der Waals surface area contributed by atoms with Gasteiger partial charge >= 0.3 is 39.5 Å². The van der Waals surface area contributed by atoms with Crippen LogP contribution in [0.3, 0.4) is 0 Å². The summed E-state index contributed by atoms with van der Waals surface area (Å²) in [5.41, 5.74) is 0. The van der Waals surface area contributed by atoms with Gasteiger partial charge in [0, 0.05) is 25.7 Å². The molecule has 0 aliphatic carbocycles. The molecular formula is C87H170O17P2. The van der Waals surface area contributed by atoms with Gasteiger partial charge in [0.2, 0.25) is 0 Å². The predicted molar refractivity (Wildman–Crippen MR) is 437 cm³/mol. The quantitative estimate of drug-likeness (QED) is 0.0222. The number of aliphatic hydroxyl groups excluding tert-OH is 1. The lowest BCUT2D eigenvalue weighted by Gasteiger charge is -2.21. The molecular weight excluding hydrogens is 1380 g/mol. The number of phosphoric ester groups is 2. The number of carbonyl (C=O) groups is 4. The van der Waals surface area contributed by atoms with Crippen molar-refractivity contribution in [2.75, 3.05) is 39.6 Å². The molecule has 0 saturated carbocycles. The van der Waals surface area contributed by atoms with Crippen LogP contribution < -0.4 is 0 Å². The van der Waals surface area contributed by atoms with Crippen LogP contribution >= 0.6 is 15.6 Å². The molecule has 3 N–H and O–H groups in total. The highest BCUT2D eigenvalue weighted by Crippen LogP contribution is 2.45. The molecule has 17 nitrogen and oxygen atoms in total. The molecule has 0 rings (SSSR count). The molecule has 0 saturated heterocycles. The van der Waals surface area contributed by atoms with Crippen LogP contribution in [0.5, 0.6) is 0 Å². The monoisotopic (exact) mass is 1550 g/mol. The van der Waals surface area contributed by atoms with E-state index in [1.54, 1.807) is 0 Å². The zero-order valence-corrected chi connectivity index (χ0v) is 71.9. The normalized spacial score (nSPS) is 14.7. The summed E-state index contributed by atoms with van der Waals surface area (Å²) in [4.78, 5) is 73.2. The van der Waals surface area contributed by atoms with Crippen molar-refractivity contribution in [3.63, 3.8) is 0 Å². The van der Waals surface area contributed by atoms with E-state index in [1.165, 1.54) is 250 Å². The molecule has 0 aliphatic rings. The summed E-state index contributed by atoms with van der Waals surface area (Å²) in [6, 6.07) is 0. The minimum Gasteiger partial charge on any atom is -0.462 e. The van der Waals surface area contributed by atoms with Gasteiger partial charge in [-0.2, -0.15) is 0 Å². The van der Waals surface area contributed by atoms with Gasteiger partial charge < -0.3 is 33.8 Å². The average molecular weight is 1550 g/mol. The number of hydrogen-bond donors (Lipinski definition) is 3. The highest BCUT2D eigenvalue weighted by Gasteiger charge is 2.31. The van der Waals surface area contributed by atoms with E-state index in [9.17, 15) is 43.2 Å². The first-order valence-electron chi connectivity index (χ1n) is 44.8. The second-order valence-corrected chi connectivity index (χ2v) is 35.4. The number of esters is 4. The molecule has 5 unspecified atom stereocenters. The minimum atomic E-state index is -4.97. The second-order valence-electron chi connectivity index (χ2n) is 32.5. The summed E-state index contributed by atoms with van der Waals surface area (Å²) < 4.78 is 68.9. The third-order valence-corrected chi connectivity index (χ3v) is 23.3. The summed E-state index contributed by atoms with van der Waals surface area (Å²) in [5, 5.41) is 10.7. The van der Waals surface area contributed by atoms with Crippen LogP contribution in [0.1, 0.15) is 453 Å². The lowest BCUT2D eigenvalue weighted by molar-refractivity contribution is -0.161. The summed E-state index contributed by atoms with van der Waals surface area (Å²) in [6.45, 7) is 14.4. The minimum absolute atomic E-state index is 0.106. The maximum atomic E-state index is 13.2. The summed E-state index contributed by atoms with van der Waals surface area (Å²) in [5.74, 6) is 1.13. The third kappa shape index (κ3) is 76.1. The molecule has 0 aliphatic heterocycles. The second kappa shape index (κ2) is 75.7. The SMILES string of the molecule is CCC(C)CCCCCCCCCCCCCCCCCCCCC(=O)OC[C@H](COP(=O)(O)OC[C@@H](O)COP(=O)(O)OC[C@@H](COC(=O)CCCCCCCCC(C)CC)OC(=O)CCCCCCCCCCCCCCCC(C)C)OC(=O)CCCCCCCCCCCCCCCCC(C)CC. The van der Waals surface area contributed by atoms with Crippen LogP contribution in [0.25, 0.3) is 0 Å². The van der Waals surface area contributed by atoms with Gasteiger partial charge in [-0.05, 0) is 49.4 Å². The van der Waals surface area contributed by atoms with Gasteiger partial charge in [0.1, 0.15) is 19.3 Å². The van der Waals surface area contributed by atoms with E-state index in [-0.39, 0.29) is 25.7 Å². The van der Waals surface area contributed by atoms with E-state index < -0.39 is 97.5 Å². The molecule has 106 heavy (non-hydrogen) atoms. The summed E-state index contributed by atoms with van der Waals surface area (Å²) in [6.07, 6.45) is 65.2. The number of ether oxygens (including phenoxy) is 4. The van der Waals surface area contributed by atoms with Crippen molar-refractivity contribution in [1.29, 1.82) is 0 Å². The maximum absolute atomic E-state index is 13.2. The summed E-state index contributed by atoms with van der Waals surface area (Å²) >= 11 is 0. The van der Waals surface area contributed by atoms with Crippen LogP contribution in [0.4, 0.5) is 0 Å². The molecule has 0 aromatic heterocycles. The standard InChI is InChI=1S/C87H170O17P2/c1-9-78(6)64-56-48-40-34-28-22-16-14-12-13-15-17-24-30-36-42-51-59-67-84(89)97-73-82(103-86(91)69-61-53-43-37-31-25-19-18-23-29-35-41-49-57-65-79(7)10-2)75-101-105(93,94)99-71-81(88)72-100-106(95,96)102-76-83(74-98-85(90)68-60-52-46-45-50-58-66-80(8)11-3)104-87(92)70-62-54-44-38-32-26-20-21-27-33-39-47-55-63-77(4)5/h77-83,88H,9-76H2,1-8H3,(H,93,94)(H,95,96)/t78?,79?,80?,81-,82-,83-/m1/s1. The molecule has 0 radical (unpaired) electrons. The first kappa shape index (κ1) is 104. The van der Waals surface area contributed by atoms with Crippen molar-refractivity contribution in [3.8, 4) is 0 Å². The van der Waals surface area contributed by atoms with Crippen molar-refractivity contribution in [2.24, 2.45) is 23.7 Å². The lowest BCUT2D eigenvalue weighted by atomic mass is 9.99. The van der Waals surface area contributed by atoms with Crippen LogP contribution in [-0.2, 0) is 65.4 Å². The van der Waals surface area contributed by atoms with Crippen molar-refractivity contribution in [3.05, 3.63) is 0 Å². The van der Waals surface area contributed by atoms with E-state index in [0.717, 1.165) is 120 Å². The van der Waals surface area contributed by atoms with Gasteiger partial charge in [0.05, 0.1) is 26.4 Å². The van der Waals surface area contributed by atoms with Crippen LogP contribution in [0, 0.1) is 23.7 Å². The fourth-order valence-electron chi connectivity index (χ4n) is 13.4. The number of aliphatic hydroxyl groups is 1. The number of unbranched alkanes of at least 4 members (excludes halogenated alkanes) is 47. The van der Waals surface area contributed by atoms with Gasteiger partial charge in [-0.3, -0.25) is 37.3 Å². The molecule has 0 aromatic carbocycles. The topological polar surface area (TPSA) is 237 Å². The number of carbonyl (C=O) groups excluding carboxylic acids is 4. The fourth-order valence-corrected chi connectivity index (χ4v) is 15.0. The molecule has 0 aromatic rings. The van der Waals surface area contributed by atoms with Crippen molar-refractivity contribution in [1.82, 2.24) is 0 Å². The number of phosphoric acid groups is 2. The Morgan fingerprint density at radius 2 is 0.453 bits per heavy atom. The molecule has 19 heteroatoms. The van der Waals surface area contributed by atoms with Gasteiger partial charge in [-0.15, -0.1) is 0 Å². The molecule has 0 fully saturated rings. The number of rotatable bonds is 84. The molecule has 630 valence electrons. The highest BCUT2D eigenvalue weighted by molar-refractivity contribution is 7.47. The van der Waals surface area contributed by atoms with Crippen molar-refractivity contribution in [2.45, 2.75) is 472 Å². The maximum Gasteiger partial charge on any atom is 0.472 e. The largest absolute Gasteiger partial charge is 0.472 e. The third-order valence-electron chi connectivity index (χ3n) is 21.4. The van der Waals surface area contributed by atoms with Gasteiger partial charge in [0.15, 0.2) is 12.2 Å². The summed E-state index contributed by atoms with van der Waals surface area (Å²) in [7, 11) is -9.93. The Labute approximate surface area is 651 Å².